The third-order valence-electron chi connectivity index (χ3n) is 5.81. The molecule has 1 amide bonds. The number of H-pyrrole nitrogens is 1. The van der Waals surface area contributed by atoms with Crippen molar-refractivity contribution in [2.75, 3.05) is 12.4 Å². The van der Waals surface area contributed by atoms with Crippen LogP contribution in [0.3, 0.4) is 0 Å². The Morgan fingerprint density at radius 2 is 1.92 bits per heavy atom. The standard InChI is InChI=1S/C25H18Cl2F2N6O2/c1-11-21(25(36)32-19-9-15-18(10-17(19)29)34-35-23(15)27)22(14-4-3-13(26)8-16(14)28)33-24(31-11)12-5-6-30-20(7-12)37-2/h3-10,22H,1-2H3,(H,31,33)(H,32,36)(H,34,35). The second-order valence-corrected chi connectivity index (χ2v) is 8.95. The molecule has 188 valence electrons. The first-order chi connectivity index (χ1) is 17.7. The highest BCUT2D eigenvalue weighted by Gasteiger charge is 2.32. The number of carbonyl (C=O) groups excluding carboxylic acids is 1. The predicted octanol–water partition coefficient (Wildman–Crippen LogP) is 5.56. The van der Waals surface area contributed by atoms with Crippen molar-refractivity contribution in [2.45, 2.75) is 13.0 Å². The second-order valence-electron chi connectivity index (χ2n) is 8.14. The number of methoxy groups -OCH3 is 1. The molecule has 1 aliphatic rings. The number of pyridine rings is 1. The Morgan fingerprint density at radius 1 is 1.11 bits per heavy atom. The SMILES string of the molecule is COc1cc(C2=NC(c3ccc(Cl)cc3F)C(C(=O)Nc3cc4c(Cl)[nH]nc4cc3F)=C(C)N2)ccn1. The van der Waals surface area contributed by atoms with Crippen LogP contribution >= 0.6 is 23.2 Å². The maximum atomic E-state index is 15.1. The minimum absolute atomic E-state index is 0.0868. The van der Waals surface area contributed by atoms with Gasteiger partial charge in [0.15, 0.2) is 0 Å². The van der Waals surface area contributed by atoms with Crippen LogP contribution in [0.25, 0.3) is 10.9 Å². The third kappa shape index (κ3) is 4.73. The summed E-state index contributed by atoms with van der Waals surface area (Å²) in [6.45, 7) is 1.65. The lowest BCUT2D eigenvalue weighted by atomic mass is 9.94. The van der Waals surface area contributed by atoms with Gasteiger partial charge in [-0.05, 0) is 31.2 Å². The van der Waals surface area contributed by atoms with E-state index in [0.717, 1.165) is 12.1 Å². The van der Waals surface area contributed by atoms with Crippen molar-refractivity contribution in [3.05, 3.63) is 92.9 Å². The number of hydrogen-bond acceptors (Lipinski definition) is 6. The van der Waals surface area contributed by atoms with Gasteiger partial charge < -0.3 is 15.4 Å². The van der Waals surface area contributed by atoms with Crippen LogP contribution in [0.2, 0.25) is 10.2 Å². The van der Waals surface area contributed by atoms with Crippen LogP contribution < -0.4 is 15.4 Å². The van der Waals surface area contributed by atoms with Gasteiger partial charge in [-0.25, -0.2) is 13.8 Å². The van der Waals surface area contributed by atoms with Crippen molar-refractivity contribution >= 4 is 51.5 Å². The van der Waals surface area contributed by atoms with Gasteiger partial charge in [-0.3, -0.25) is 14.9 Å². The van der Waals surface area contributed by atoms with E-state index < -0.39 is 23.6 Å². The Kier molecular flexibility index (Phi) is 6.53. The lowest BCUT2D eigenvalue weighted by Gasteiger charge is -2.27. The van der Waals surface area contributed by atoms with Gasteiger partial charge in [0, 0.05) is 45.6 Å². The van der Waals surface area contributed by atoms with Crippen molar-refractivity contribution in [1.82, 2.24) is 20.5 Å². The number of halogens is 4. The number of allylic oxidation sites excluding steroid dienone is 1. The van der Waals surface area contributed by atoms with E-state index in [0.29, 0.717) is 33.9 Å². The monoisotopic (exact) mass is 542 g/mol. The van der Waals surface area contributed by atoms with Gasteiger partial charge in [-0.1, -0.05) is 29.3 Å². The van der Waals surface area contributed by atoms with Crippen LogP contribution in [0.4, 0.5) is 14.5 Å². The van der Waals surface area contributed by atoms with E-state index in [1.807, 2.05) is 0 Å². The number of anilines is 1. The third-order valence-corrected chi connectivity index (χ3v) is 6.33. The number of nitrogens with zero attached hydrogens (tertiary/aromatic N) is 3. The number of nitrogens with one attached hydrogen (secondary N) is 3. The number of carbonyl (C=O) groups is 1. The fourth-order valence-corrected chi connectivity index (χ4v) is 4.37. The molecular weight excluding hydrogens is 525 g/mol. The van der Waals surface area contributed by atoms with Crippen LogP contribution in [0.15, 0.2) is 64.9 Å². The number of ether oxygens (including phenoxy) is 1. The fraction of sp³-hybridized carbons (Fsp3) is 0.120. The lowest BCUT2D eigenvalue weighted by molar-refractivity contribution is -0.113. The molecule has 1 atom stereocenters. The smallest absolute Gasteiger partial charge is 0.255 e. The average Bonchev–Trinajstić information content (AvgIpc) is 3.22. The highest BCUT2D eigenvalue weighted by molar-refractivity contribution is 6.34. The molecule has 5 rings (SSSR count). The molecule has 0 aliphatic carbocycles. The van der Waals surface area contributed by atoms with Crippen molar-refractivity contribution in [3.63, 3.8) is 0 Å². The summed E-state index contributed by atoms with van der Waals surface area (Å²) in [5, 5.41) is 12.9. The summed E-state index contributed by atoms with van der Waals surface area (Å²) in [6, 6.07) is 8.90. The van der Waals surface area contributed by atoms with Crippen LogP contribution in [-0.4, -0.2) is 34.0 Å². The molecule has 12 heteroatoms. The molecule has 0 saturated carbocycles. The van der Waals surface area contributed by atoms with Gasteiger partial charge in [0.05, 0.1) is 23.9 Å². The van der Waals surface area contributed by atoms with Crippen LogP contribution in [0.1, 0.15) is 24.1 Å². The Balaban J connectivity index is 1.57. The zero-order valence-electron chi connectivity index (χ0n) is 19.4. The molecule has 0 radical (unpaired) electrons. The highest BCUT2D eigenvalue weighted by atomic mass is 35.5. The number of aromatic nitrogens is 3. The number of rotatable bonds is 5. The number of aromatic amines is 1. The molecule has 0 spiro atoms. The van der Waals surface area contributed by atoms with Crippen molar-refractivity contribution < 1.29 is 18.3 Å². The van der Waals surface area contributed by atoms with E-state index in [1.165, 1.54) is 31.5 Å². The molecule has 2 aromatic heterocycles. The molecule has 8 nitrogen and oxygen atoms in total. The van der Waals surface area contributed by atoms with Gasteiger partial charge in [0.2, 0.25) is 5.88 Å². The van der Waals surface area contributed by atoms with E-state index in [9.17, 15) is 9.18 Å². The maximum Gasteiger partial charge on any atom is 0.255 e. The predicted molar refractivity (Wildman–Crippen MR) is 137 cm³/mol. The largest absolute Gasteiger partial charge is 0.481 e. The summed E-state index contributed by atoms with van der Waals surface area (Å²) in [7, 11) is 1.48. The zero-order valence-corrected chi connectivity index (χ0v) is 20.9. The first kappa shape index (κ1) is 24.7. The van der Waals surface area contributed by atoms with Crippen molar-refractivity contribution in [3.8, 4) is 5.88 Å². The summed E-state index contributed by atoms with van der Waals surface area (Å²) >= 11 is 12.0. The number of amides is 1. The molecule has 4 aromatic rings. The van der Waals surface area contributed by atoms with E-state index in [1.54, 1.807) is 19.1 Å². The molecule has 2 aromatic carbocycles. The van der Waals surface area contributed by atoms with Crippen molar-refractivity contribution in [1.29, 1.82) is 0 Å². The summed E-state index contributed by atoms with van der Waals surface area (Å²) in [5.41, 5.74) is 1.38. The van der Waals surface area contributed by atoms with E-state index in [4.69, 9.17) is 27.9 Å². The normalized spacial score (nSPS) is 15.4. The number of benzene rings is 2. The molecule has 3 N–H and O–H groups in total. The van der Waals surface area contributed by atoms with Gasteiger partial charge in [0.1, 0.15) is 28.7 Å². The Bertz CT molecular complexity index is 1620. The second kappa shape index (κ2) is 9.79. The Morgan fingerprint density at radius 3 is 2.68 bits per heavy atom. The van der Waals surface area contributed by atoms with E-state index in [2.05, 4.69) is 30.8 Å². The number of aliphatic imine (C=N–C) groups is 1. The molecule has 1 aliphatic heterocycles. The van der Waals surface area contributed by atoms with Gasteiger partial charge in [-0.15, -0.1) is 0 Å². The topological polar surface area (TPSA) is 104 Å². The Hall–Kier alpha value is -4.02. The molecule has 3 heterocycles. The molecule has 1 unspecified atom stereocenters. The fourth-order valence-electron chi connectivity index (χ4n) is 4.02. The lowest BCUT2D eigenvalue weighted by Crippen LogP contribution is -2.34. The average molecular weight is 543 g/mol. The van der Waals surface area contributed by atoms with Crippen molar-refractivity contribution in [2.24, 2.45) is 4.99 Å². The van der Waals surface area contributed by atoms with E-state index >= 15 is 4.39 Å². The number of amidine groups is 1. The molecule has 37 heavy (non-hydrogen) atoms. The van der Waals surface area contributed by atoms with Crippen LogP contribution in [0.5, 0.6) is 5.88 Å². The number of fused-ring (bicyclic) bond motifs is 1. The minimum atomic E-state index is -1.07. The van der Waals surface area contributed by atoms with Crippen LogP contribution in [0, 0.1) is 11.6 Å². The molecule has 0 saturated heterocycles. The quantitative estimate of drug-likeness (QED) is 0.306. The zero-order chi connectivity index (χ0) is 26.3. The minimum Gasteiger partial charge on any atom is -0.481 e. The summed E-state index contributed by atoms with van der Waals surface area (Å²) in [4.78, 5) is 22.3. The maximum absolute atomic E-state index is 15.1. The number of hydrogen-bond donors (Lipinski definition) is 3. The first-order valence-electron chi connectivity index (χ1n) is 10.9. The summed E-state index contributed by atoms with van der Waals surface area (Å²) in [5.74, 6) is -1.33. The van der Waals surface area contributed by atoms with Gasteiger partial charge in [0.25, 0.3) is 5.91 Å². The summed E-state index contributed by atoms with van der Waals surface area (Å²) < 4.78 is 35.0. The summed E-state index contributed by atoms with van der Waals surface area (Å²) in [6.07, 6.45) is 1.54. The van der Waals surface area contributed by atoms with Gasteiger partial charge >= 0.3 is 0 Å². The van der Waals surface area contributed by atoms with Gasteiger partial charge in [-0.2, -0.15) is 5.10 Å². The van der Waals surface area contributed by atoms with Crippen LogP contribution in [-0.2, 0) is 4.79 Å². The molecule has 0 bridgehead atoms. The van der Waals surface area contributed by atoms with E-state index in [-0.39, 0.29) is 27.0 Å². The first-order valence-corrected chi connectivity index (χ1v) is 11.7. The highest BCUT2D eigenvalue weighted by Crippen LogP contribution is 2.35. The molecule has 0 fully saturated rings. The Labute approximate surface area is 219 Å². The molecular formula is C25H18Cl2F2N6O2.